The highest BCUT2D eigenvalue weighted by molar-refractivity contribution is 5.91. The summed E-state index contributed by atoms with van der Waals surface area (Å²) < 4.78 is 2.34. The van der Waals surface area contributed by atoms with E-state index >= 15 is 0 Å². The number of nitrogens with zero attached hydrogens (tertiary/aromatic N) is 3. The van der Waals surface area contributed by atoms with E-state index in [4.69, 9.17) is 5.73 Å². The summed E-state index contributed by atoms with van der Waals surface area (Å²) in [6.07, 6.45) is 8.29. The zero-order valence-electron chi connectivity index (χ0n) is 13.4. The molecule has 2 aromatic rings. The summed E-state index contributed by atoms with van der Waals surface area (Å²) in [5.41, 5.74) is 9.62. The molecule has 0 radical (unpaired) electrons. The summed E-state index contributed by atoms with van der Waals surface area (Å²) >= 11 is 0. The number of nitrogen functional groups attached to an aromatic ring is 1. The molecule has 0 aliphatic heterocycles. The number of aromatic nitrogens is 3. The molecule has 2 heterocycles. The fourth-order valence-corrected chi connectivity index (χ4v) is 3.79. The fourth-order valence-electron chi connectivity index (χ4n) is 3.79. The third-order valence-electron chi connectivity index (χ3n) is 5.08. The molecule has 0 spiro atoms. The van der Waals surface area contributed by atoms with Crippen LogP contribution in [0.15, 0.2) is 0 Å². The standard InChI is InChI=1S/C17H26N4/c1-11-12(2)21(10-6-9-14-7-4-5-8-14)17-15(11)16(18)19-13(3)20-17/h14H,4-10H2,1-3H3,(H2,18,19,20). The van der Waals surface area contributed by atoms with Gasteiger partial charge in [0.05, 0.1) is 5.39 Å². The molecule has 0 saturated heterocycles. The molecule has 2 aromatic heterocycles. The molecule has 0 atom stereocenters. The van der Waals surface area contributed by atoms with E-state index < -0.39 is 0 Å². The Balaban J connectivity index is 1.85. The van der Waals surface area contributed by atoms with Crippen molar-refractivity contribution in [3.8, 4) is 0 Å². The highest BCUT2D eigenvalue weighted by atomic mass is 15.1. The minimum atomic E-state index is 0.618. The zero-order valence-corrected chi connectivity index (χ0v) is 13.4. The van der Waals surface area contributed by atoms with Crippen molar-refractivity contribution in [2.24, 2.45) is 5.92 Å². The van der Waals surface area contributed by atoms with Crippen LogP contribution in [-0.2, 0) is 6.54 Å². The number of fused-ring (bicyclic) bond motifs is 1. The Morgan fingerprint density at radius 1 is 1.14 bits per heavy atom. The minimum Gasteiger partial charge on any atom is -0.383 e. The second-order valence-electron chi connectivity index (χ2n) is 6.51. The number of aryl methyl sites for hydroxylation is 3. The van der Waals surface area contributed by atoms with Crippen molar-refractivity contribution in [2.75, 3.05) is 5.73 Å². The average Bonchev–Trinajstić information content (AvgIpc) is 3.01. The lowest BCUT2D eigenvalue weighted by Crippen LogP contribution is -2.05. The summed E-state index contributed by atoms with van der Waals surface area (Å²) in [5.74, 6) is 2.33. The third kappa shape index (κ3) is 2.63. The molecule has 2 N–H and O–H groups in total. The van der Waals surface area contributed by atoms with Crippen molar-refractivity contribution in [1.29, 1.82) is 0 Å². The first-order chi connectivity index (χ1) is 10.1. The van der Waals surface area contributed by atoms with Crippen LogP contribution in [0.4, 0.5) is 5.82 Å². The number of anilines is 1. The van der Waals surface area contributed by atoms with Crippen LogP contribution in [0.3, 0.4) is 0 Å². The summed E-state index contributed by atoms with van der Waals surface area (Å²) in [4.78, 5) is 8.95. The van der Waals surface area contributed by atoms with E-state index in [0.717, 1.165) is 29.3 Å². The van der Waals surface area contributed by atoms with E-state index in [9.17, 15) is 0 Å². The molecule has 1 aliphatic carbocycles. The van der Waals surface area contributed by atoms with Gasteiger partial charge in [-0.1, -0.05) is 25.7 Å². The lowest BCUT2D eigenvalue weighted by molar-refractivity contribution is 0.459. The van der Waals surface area contributed by atoms with Crippen LogP contribution in [0.2, 0.25) is 0 Å². The van der Waals surface area contributed by atoms with Gasteiger partial charge in [-0.3, -0.25) is 0 Å². The van der Waals surface area contributed by atoms with Crippen LogP contribution in [-0.4, -0.2) is 14.5 Å². The lowest BCUT2D eigenvalue weighted by atomic mass is 10.0. The monoisotopic (exact) mass is 286 g/mol. The van der Waals surface area contributed by atoms with E-state index in [2.05, 4.69) is 28.4 Å². The highest BCUT2D eigenvalue weighted by Gasteiger charge is 2.18. The molecular weight excluding hydrogens is 260 g/mol. The summed E-state index contributed by atoms with van der Waals surface area (Å²) in [6.45, 7) is 7.25. The number of rotatable bonds is 4. The van der Waals surface area contributed by atoms with E-state index in [1.165, 1.54) is 49.8 Å². The van der Waals surface area contributed by atoms with Crippen LogP contribution >= 0.6 is 0 Å². The van der Waals surface area contributed by atoms with Crippen LogP contribution in [0.25, 0.3) is 11.0 Å². The Morgan fingerprint density at radius 2 is 1.86 bits per heavy atom. The molecule has 21 heavy (non-hydrogen) atoms. The number of hydrogen-bond acceptors (Lipinski definition) is 3. The van der Waals surface area contributed by atoms with Gasteiger partial charge < -0.3 is 10.3 Å². The normalized spacial score (nSPS) is 16.1. The second kappa shape index (κ2) is 5.66. The van der Waals surface area contributed by atoms with Crippen LogP contribution in [0, 0.1) is 26.7 Å². The maximum absolute atomic E-state index is 6.10. The molecule has 4 nitrogen and oxygen atoms in total. The van der Waals surface area contributed by atoms with Crippen LogP contribution < -0.4 is 5.73 Å². The van der Waals surface area contributed by atoms with Gasteiger partial charge in [0.2, 0.25) is 0 Å². The van der Waals surface area contributed by atoms with Crippen molar-refractivity contribution in [2.45, 2.75) is 65.8 Å². The number of nitrogens with two attached hydrogens (primary N) is 1. The molecule has 0 unspecified atom stereocenters. The molecule has 114 valence electrons. The van der Waals surface area contributed by atoms with Gasteiger partial charge in [-0.15, -0.1) is 0 Å². The van der Waals surface area contributed by atoms with Crippen molar-refractivity contribution in [3.05, 3.63) is 17.1 Å². The first kappa shape index (κ1) is 14.4. The molecule has 4 heteroatoms. The van der Waals surface area contributed by atoms with Crippen molar-refractivity contribution in [3.63, 3.8) is 0 Å². The summed E-state index contributed by atoms with van der Waals surface area (Å²) in [5, 5.41) is 1.04. The Labute approximate surface area is 126 Å². The predicted octanol–water partition coefficient (Wildman–Crippen LogP) is 3.91. The van der Waals surface area contributed by atoms with Gasteiger partial charge in [0.25, 0.3) is 0 Å². The quantitative estimate of drug-likeness (QED) is 0.927. The van der Waals surface area contributed by atoms with E-state index in [0.29, 0.717) is 5.82 Å². The van der Waals surface area contributed by atoms with Gasteiger partial charge in [0.1, 0.15) is 17.3 Å². The molecule has 1 saturated carbocycles. The molecule has 0 aromatic carbocycles. The predicted molar refractivity (Wildman–Crippen MR) is 87.3 cm³/mol. The molecule has 3 rings (SSSR count). The maximum atomic E-state index is 6.10. The van der Waals surface area contributed by atoms with Crippen LogP contribution in [0.1, 0.15) is 55.6 Å². The summed E-state index contributed by atoms with van der Waals surface area (Å²) in [6, 6.07) is 0. The van der Waals surface area contributed by atoms with E-state index in [1.54, 1.807) is 0 Å². The van der Waals surface area contributed by atoms with Crippen molar-refractivity contribution in [1.82, 2.24) is 14.5 Å². The minimum absolute atomic E-state index is 0.618. The van der Waals surface area contributed by atoms with E-state index in [1.807, 2.05) is 6.92 Å². The third-order valence-corrected chi connectivity index (χ3v) is 5.08. The van der Waals surface area contributed by atoms with Gasteiger partial charge >= 0.3 is 0 Å². The van der Waals surface area contributed by atoms with Gasteiger partial charge in [-0.05, 0) is 45.1 Å². The van der Waals surface area contributed by atoms with Gasteiger partial charge in [-0.2, -0.15) is 0 Å². The Morgan fingerprint density at radius 3 is 2.57 bits per heavy atom. The smallest absolute Gasteiger partial charge is 0.146 e. The molecule has 1 fully saturated rings. The topological polar surface area (TPSA) is 56.7 Å². The maximum Gasteiger partial charge on any atom is 0.146 e. The number of hydrogen-bond donors (Lipinski definition) is 1. The Hall–Kier alpha value is -1.58. The van der Waals surface area contributed by atoms with Gasteiger partial charge in [0, 0.05) is 12.2 Å². The SMILES string of the molecule is Cc1nc(N)c2c(C)c(C)n(CCCC3CCCC3)c2n1. The van der Waals surface area contributed by atoms with Gasteiger partial charge in [0.15, 0.2) is 0 Å². The largest absolute Gasteiger partial charge is 0.383 e. The Bertz CT molecular complexity index is 651. The summed E-state index contributed by atoms with van der Waals surface area (Å²) in [7, 11) is 0. The first-order valence-electron chi connectivity index (χ1n) is 8.17. The van der Waals surface area contributed by atoms with E-state index in [-0.39, 0.29) is 0 Å². The molecule has 1 aliphatic rings. The Kier molecular flexibility index (Phi) is 3.87. The highest BCUT2D eigenvalue weighted by Crippen LogP contribution is 2.31. The van der Waals surface area contributed by atoms with Crippen molar-refractivity contribution < 1.29 is 0 Å². The van der Waals surface area contributed by atoms with Crippen molar-refractivity contribution >= 4 is 16.9 Å². The first-order valence-corrected chi connectivity index (χ1v) is 8.17. The lowest BCUT2D eigenvalue weighted by Gasteiger charge is -2.11. The fraction of sp³-hybridized carbons (Fsp3) is 0.647. The van der Waals surface area contributed by atoms with Gasteiger partial charge in [-0.25, -0.2) is 9.97 Å². The molecular formula is C17H26N4. The van der Waals surface area contributed by atoms with Crippen LogP contribution in [0.5, 0.6) is 0 Å². The zero-order chi connectivity index (χ0) is 15.0. The molecule has 0 amide bonds. The second-order valence-corrected chi connectivity index (χ2v) is 6.51. The average molecular weight is 286 g/mol. The molecule has 0 bridgehead atoms.